The van der Waals surface area contributed by atoms with Crippen LogP contribution in [0, 0.1) is 13.8 Å². The minimum absolute atomic E-state index is 0.187. The van der Waals surface area contributed by atoms with Crippen LogP contribution in [-0.2, 0) is 4.79 Å². The average Bonchev–Trinajstić information content (AvgIpc) is 2.47. The van der Waals surface area contributed by atoms with E-state index < -0.39 is 5.97 Å². The molecule has 122 valence electrons. The highest BCUT2D eigenvalue weighted by Gasteiger charge is 2.14. The van der Waals surface area contributed by atoms with Crippen LogP contribution in [0.25, 0.3) is 0 Å². The highest BCUT2D eigenvalue weighted by molar-refractivity contribution is 5.67. The fourth-order valence-electron chi connectivity index (χ4n) is 3.18. The number of carbonyl (C=O) groups is 1. The van der Waals surface area contributed by atoms with Gasteiger partial charge in [0.15, 0.2) is 0 Å². The third kappa shape index (κ3) is 5.34. The van der Waals surface area contributed by atoms with Gasteiger partial charge in [-0.1, -0.05) is 12.5 Å². The Balaban J connectivity index is 2.02. The van der Waals surface area contributed by atoms with Gasteiger partial charge in [-0.05, 0) is 63.0 Å². The van der Waals surface area contributed by atoms with Crippen molar-refractivity contribution in [1.29, 1.82) is 0 Å². The summed E-state index contributed by atoms with van der Waals surface area (Å²) >= 11 is 0. The fraction of sp³-hybridized carbons (Fsp3) is 0.611. The smallest absolute Gasteiger partial charge is 0.305 e. The van der Waals surface area contributed by atoms with Crippen LogP contribution in [0.15, 0.2) is 18.2 Å². The average molecular weight is 304 g/mol. The summed E-state index contributed by atoms with van der Waals surface area (Å²) in [6.07, 6.45) is 4.11. The Morgan fingerprint density at radius 3 is 2.32 bits per heavy atom. The van der Waals surface area contributed by atoms with E-state index in [2.05, 4.69) is 41.8 Å². The third-order valence-electron chi connectivity index (χ3n) is 4.30. The minimum Gasteiger partial charge on any atom is -0.481 e. The normalized spacial score (nSPS) is 15.7. The van der Waals surface area contributed by atoms with Gasteiger partial charge in [-0.25, -0.2) is 0 Å². The second kappa shape index (κ2) is 8.18. The zero-order valence-corrected chi connectivity index (χ0v) is 13.8. The van der Waals surface area contributed by atoms with E-state index in [0.29, 0.717) is 6.54 Å². The van der Waals surface area contributed by atoms with Gasteiger partial charge in [0.2, 0.25) is 0 Å². The highest BCUT2D eigenvalue weighted by atomic mass is 16.4. The number of likely N-dealkylation sites (tertiary alicyclic amines) is 1. The Kier molecular flexibility index (Phi) is 6.25. The van der Waals surface area contributed by atoms with Crippen LogP contribution >= 0.6 is 0 Å². The van der Waals surface area contributed by atoms with Crippen LogP contribution in [0.4, 0.5) is 5.69 Å². The summed E-state index contributed by atoms with van der Waals surface area (Å²) in [5.41, 5.74) is 3.61. The van der Waals surface area contributed by atoms with E-state index in [1.54, 1.807) is 0 Å². The Morgan fingerprint density at radius 2 is 1.73 bits per heavy atom. The van der Waals surface area contributed by atoms with Gasteiger partial charge in [-0.2, -0.15) is 0 Å². The van der Waals surface area contributed by atoms with Gasteiger partial charge in [-0.15, -0.1) is 0 Å². The first-order valence-electron chi connectivity index (χ1n) is 8.32. The van der Waals surface area contributed by atoms with E-state index in [9.17, 15) is 4.79 Å². The molecule has 1 aromatic carbocycles. The Labute approximate surface area is 133 Å². The topological polar surface area (TPSA) is 43.8 Å². The maximum atomic E-state index is 10.9. The zero-order chi connectivity index (χ0) is 15.9. The molecule has 0 unspecified atom stereocenters. The molecule has 0 radical (unpaired) electrons. The first kappa shape index (κ1) is 16.8. The molecule has 0 saturated carbocycles. The molecule has 1 fully saturated rings. The Hall–Kier alpha value is -1.55. The van der Waals surface area contributed by atoms with Crippen LogP contribution < -0.4 is 4.90 Å². The van der Waals surface area contributed by atoms with E-state index in [1.165, 1.54) is 43.5 Å². The second-order valence-electron chi connectivity index (χ2n) is 6.38. The lowest BCUT2D eigenvalue weighted by molar-refractivity contribution is -0.136. The molecular formula is C18H28N2O2. The molecule has 0 bridgehead atoms. The summed E-state index contributed by atoms with van der Waals surface area (Å²) in [6, 6.07) is 6.47. The molecule has 4 heteroatoms. The predicted octanol–water partition coefficient (Wildman–Crippen LogP) is 3.07. The van der Waals surface area contributed by atoms with Crippen molar-refractivity contribution in [2.45, 2.75) is 39.5 Å². The second-order valence-corrected chi connectivity index (χ2v) is 6.38. The SMILES string of the molecule is Cc1cc(C)cc(N(CCC(=O)O)CCN2CCCCC2)c1. The number of aryl methyl sites for hydroxylation is 2. The summed E-state index contributed by atoms with van der Waals surface area (Å²) in [7, 11) is 0. The molecule has 1 N–H and O–H groups in total. The van der Waals surface area contributed by atoms with E-state index in [0.717, 1.165) is 18.8 Å². The van der Waals surface area contributed by atoms with Gasteiger partial charge < -0.3 is 14.9 Å². The molecule has 1 heterocycles. The van der Waals surface area contributed by atoms with E-state index in [1.807, 2.05) is 0 Å². The lowest BCUT2D eigenvalue weighted by atomic mass is 10.1. The van der Waals surface area contributed by atoms with Crippen molar-refractivity contribution in [2.24, 2.45) is 0 Å². The molecule has 0 aliphatic carbocycles. The van der Waals surface area contributed by atoms with Crippen molar-refractivity contribution in [3.63, 3.8) is 0 Å². The third-order valence-corrected chi connectivity index (χ3v) is 4.30. The number of hydrogen-bond acceptors (Lipinski definition) is 3. The van der Waals surface area contributed by atoms with Crippen LogP contribution in [-0.4, -0.2) is 48.7 Å². The molecule has 1 aliphatic rings. The van der Waals surface area contributed by atoms with Gasteiger partial charge in [0.1, 0.15) is 0 Å². The Bertz CT molecular complexity index is 476. The maximum Gasteiger partial charge on any atom is 0.305 e. The number of carboxylic acids is 1. The number of piperidine rings is 1. The maximum absolute atomic E-state index is 10.9. The van der Waals surface area contributed by atoms with Gasteiger partial charge in [-0.3, -0.25) is 4.79 Å². The molecule has 0 aromatic heterocycles. The number of aliphatic carboxylic acids is 1. The molecule has 2 rings (SSSR count). The van der Waals surface area contributed by atoms with Gasteiger partial charge in [0.25, 0.3) is 0 Å². The molecule has 0 atom stereocenters. The minimum atomic E-state index is -0.729. The number of carboxylic acid groups (broad SMARTS) is 1. The fourth-order valence-corrected chi connectivity index (χ4v) is 3.18. The number of benzene rings is 1. The summed E-state index contributed by atoms with van der Waals surface area (Å²) in [5.74, 6) is -0.729. The summed E-state index contributed by atoms with van der Waals surface area (Å²) < 4.78 is 0. The van der Waals surface area contributed by atoms with Crippen LogP contribution in [0.3, 0.4) is 0 Å². The summed E-state index contributed by atoms with van der Waals surface area (Å²) in [4.78, 5) is 15.7. The number of nitrogens with zero attached hydrogens (tertiary/aromatic N) is 2. The van der Waals surface area contributed by atoms with E-state index in [-0.39, 0.29) is 6.42 Å². The number of anilines is 1. The number of rotatable bonds is 7. The van der Waals surface area contributed by atoms with Crippen molar-refractivity contribution in [1.82, 2.24) is 4.90 Å². The predicted molar refractivity (Wildman–Crippen MR) is 90.7 cm³/mol. The first-order chi connectivity index (χ1) is 10.5. The molecule has 22 heavy (non-hydrogen) atoms. The van der Waals surface area contributed by atoms with Crippen molar-refractivity contribution in [3.8, 4) is 0 Å². The molecular weight excluding hydrogens is 276 g/mol. The quantitative estimate of drug-likeness (QED) is 0.841. The zero-order valence-electron chi connectivity index (χ0n) is 13.8. The Morgan fingerprint density at radius 1 is 1.09 bits per heavy atom. The molecule has 1 aromatic rings. The lowest BCUT2D eigenvalue weighted by Crippen LogP contribution is -2.38. The van der Waals surface area contributed by atoms with Gasteiger partial charge in [0.05, 0.1) is 6.42 Å². The van der Waals surface area contributed by atoms with Crippen LogP contribution in [0.1, 0.15) is 36.8 Å². The lowest BCUT2D eigenvalue weighted by Gasteiger charge is -2.31. The standard InChI is InChI=1S/C18H28N2O2/c1-15-12-16(2)14-17(13-15)20(9-6-18(21)22)11-10-19-7-4-3-5-8-19/h12-14H,3-11H2,1-2H3,(H,21,22). The van der Waals surface area contributed by atoms with E-state index in [4.69, 9.17) is 5.11 Å². The summed E-state index contributed by atoms with van der Waals surface area (Å²) in [5, 5.41) is 9.00. The van der Waals surface area contributed by atoms with E-state index >= 15 is 0 Å². The van der Waals surface area contributed by atoms with Gasteiger partial charge >= 0.3 is 5.97 Å². The molecule has 4 nitrogen and oxygen atoms in total. The van der Waals surface area contributed by atoms with Crippen molar-refractivity contribution in [3.05, 3.63) is 29.3 Å². The van der Waals surface area contributed by atoms with Gasteiger partial charge in [0, 0.05) is 25.3 Å². The van der Waals surface area contributed by atoms with Crippen molar-refractivity contribution < 1.29 is 9.90 Å². The first-order valence-corrected chi connectivity index (χ1v) is 8.32. The van der Waals surface area contributed by atoms with Crippen LogP contribution in [0.5, 0.6) is 0 Å². The van der Waals surface area contributed by atoms with Crippen LogP contribution in [0.2, 0.25) is 0 Å². The molecule has 0 amide bonds. The highest BCUT2D eigenvalue weighted by Crippen LogP contribution is 2.19. The monoisotopic (exact) mass is 304 g/mol. The largest absolute Gasteiger partial charge is 0.481 e. The van der Waals surface area contributed by atoms with Crippen molar-refractivity contribution >= 4 is 11.7 Å². The molecule has 1 saturated heterocycles. The molecule has 1 aliphatic heterocycles. The summed E-state index contributed by atoms with van der Waals surface area (Å²) in [6.45, 7) is 9.04. The van der Waals surface area contributed by atoms with Crippen molar-refractivity contribution in [2.75, 3.05) is 37.6 Å². The molecule has 0 spiro atoms. The number of hydrogen-bond donors (Lipinski definition) is 1.